The van der Waals surface area contributed by atoms with E-state index >= 15 is 0 Å². The van der Waals surface area contributed by atoms with Crippen molar-refractivity contribution < 1.29 is 14.3 Å². The van der Waals surface area contributed by atoms with Gasteiger partial charge in [0.1, 0.15) is 22.1 Å². The van der Waals surface area contributed by atoms with Crippen LogP contribution in [0.3, 0.4) is 0 Å². The summed E-state index contributed by atoms with van der Waals surface area (Å²) in [4.78, 5) is 35.2. The van der Waals surface area contributed by atoms with E-state index in [2.05, 4.69) is 9.97 Å². The summed E-state index contributed by atoms with van der Waals surface area (Å²) < 4.78 is 10.1. The molecule has 0 bridgehead atoms. The van der Waals surface area contributed by atoms with Crippen LogP contribution in [0, 0.1) is 6.92 Å². The number of carbonyl (C=O) groups excluding carboxylic acids is 1. The molecule has 10 heteroatoms. The first kappa shape index (κ1) is 22.7. The average molecular weight is 470 g/mol. The number of rotatable bonds is 8. The van der Waals surface area contributed by atoms with Crippen LogP contribution in [0.5, 0.6) is 0 Å². The highest BCUT2D eigenvalue weighted by Gasteiger charge is 2.20. The molecule has 0 unspecified atom stereocenters. The van der Waals surface area contributed by atoms with Crippen molar-refractivity contribution in [2.45, 2.75) is 20.0 Å². The van der Waals surface area contributed by atoms with Gasteiger partial charge in [-0.1, -0.05) is 29.3 Å². The van der Waals surface area contributed by atoms with Gasteiger partial charge < -0.3 is 14.5 Å². The molecule has 7 nitrogen and oxygen atoms in total. The van der Waals surface area contributed by atoms with Crippen molar-refractivity contribution in [2.75, 3.05) is 27.4 Å². The van der Waals surface area contributed by atoms with Crippen LogP contribution in [0.2, 0.25) is 10.0 Å². The molecule has 3 rings (SSSR count). The van der Waals surface area contributed by atoms with Crippen molar-refractivity contribution in [1.82, 2.24) is 14.9 Å². The Bertz CT molecular complexity index is 1130. The lowest BCUT2D eigenvalue weighted by molar-refractivity contribution is 0.0393. The van der Waals surface area contributed by atoms with E-state index in [1.165, 1.54) is 7.11 Å². The summed E-state index contributed by atoms with van der Waals surface area (Å²) in [6, 6.07) is 5.46. The highest BCUT2D eigenvalue weighted by molar-refractivity contribution is 7.20. The molecule has 1 aromatic carbocycles. The second kappa shape index (κ2) is 9.89. The summed E-state index contributed by atoms with van der Waals surface area (Å²) in [7, 11) is 3.44. The maximum atomic E-state index is 12.6. The number of ether oxygens (including phenoxy) is 2. The molecule has 0 fully saturated rings. The number of esters is 1. The fourth-order valence-electron chi connectivity index (χ4n) is 3.00. The van der Waals surface area contributed by atoms with Crippen molar-refractivity contribution in [1.29, 1.82) is 0 Å². The van der Waals surface area contributed by atoms with Gasteiger partial charge in [-0.15, -0.1) is 11.3 Å². The molecule has 0 aliphatic carbocycles. The van der Waals surface area contributed by atoms with Gasteiger partial charge in [0, 0.05) is 13.7 Å². The number of nitrogens with zero attached hydrogens (tertiary/aromatic N) is 2. The number of hydrogen-bond donors (Lipinski definition) is 1. The molecule has 0 amide bonds. The SMILES string of the molecule is COCCOC(=O)c1sc2nc(CN(C)Cc3ccc(Cl)c(Cl)c3)[nH]c(=O)c2c1C. The molecule has 0 saturated heterocycles. The molecule has 3 aromatic rings. The lowest BCUT2D eigenvalue weighted by Crippen LogP contribution is -2.21. The fraction of sp³-hybridized carbons (Fsp3) is 0.350. The number of methoxy groups -OCH3 is 1. The van der Waals surface area contributed by atoms with Crippen LogP contribution in [-0.2, 0) is 22.6 Å². The van der Waals surface area contributed by atoms with Crippen molar-refractivity contribution in [3.63, 3.8) is 0 Å². The van der Waals surface area contributed by atoms with Gasteiger partial charge in [-0.2, -0.15) is 0 Å². The fourth-order valence-corrected chi connectivity index (χ4v) is 4.42. The van der Waals surface area contributed by atoms with Gasteiger partial charge in [0.25, 0.3) is 5.56 Å². The lowest BCUT2D eigenvalue weighted by Gasteiger charge is -2.16. The van der Waals surface area contributed by atoms with Gasteiger partial charge in [-0.05, 0) is 37.2 Å². The molecule has 2 heterocycles. The molecular weight excluding hydrogens is 449 g/mol. The molecular formula is C20H21Cl2N3O4S. The van der Waals surface area contributed by atoms with Crippen LogP contribution >= 0.6 is 34.5 Å². The van der Waals surface area contributed by atoms with E-state index in [4.69, 9.17) is 32.7 Å². The zero-order valence-electron chi connectivity index (χ0n) is 16.8. The Hall–Kier alpha value is -1.97. The minimum absolute atomic E-state index is 0.150. The van der Waals surface area contributed by atoms with Crippen LogP contribution in [0.25, 0.3) is 10.2 Å². The maximum absolute atomic E-state index is 12.6. The van der Waals surface area contributed by atoms with E-state index in [0.29, 0.717) is 56.2 Å². The first-order chi connectivity index (χ1) is 14.3. The summed E-state index contributed by atoms with van der Waals surface area (Å²) >= 11 is 13.2. The summed E-state index contributed by atoms with van der Waals surface area (Å²) in [5.41, 5.74) is 1.29. The molecule has 0 atom stereocenters. The number of thiophene rings is 1. The van der Waals surface area contributed by atoms with Crippen LogP contribution in [0.1, 0.15) is 26.6 Å². The van der Waals surface area contributed by atoms with Crippen LogP contribution in [0.15, 0.2) is 23.0 Å². The Morgan fingerprint density at radius 2 is 2.00 bits per heavy atom. The van der Waals surface area contributed by atoms with Crippen molar-refractivity contribution in [3.8, 4) is 0 Å². The summed E-state index contributed by atoms with van der Waals surface area (Å²) in [6.45, 7) is 3.19. The monoisotopic (exact) mass is 469 g/mol. The third-order valence-electron chi connectivity index (χ3n) is 4.41. The number of benzene rings is 1. The van der Waals surface area contributed by atoms with Crippen LogP contribution in [0.4, 0.5) is 0 Å². The number of hydrogen-bond acceptors (Lipinski definition) is 7. The Balaban J connectivity index is 1.79. The lowest BCUT2D eigenvalue weighted by atomic mass is 10.2. The minimum Gasteiger partial charge on any atom is -0.459 e. The van der Waals surface area contributed by atoms with E-state index in [1.807, 2.05) is 24.1 Å². The number of carbonyl (C=O) groups is 1. The molecule has 30 heavy (non-hydrogen) atoms. The Kier molecular flexibility index (Phi) is 7.49. The number of aryl methyl sites for hydroxylation is 1. The number of aromatic nitrogens is 2. The van der Waals surface area contributed by atoms with E-state index in [1.54, 1.807) is 13.0 Å². The second-order valence-corrected chi connectivity index (χ2v) is 8.61. The van der Waals surface area contributed by atoms with Crippen molar-refractivity contribution >= 4 is 50.7 Å². The highest BCUT2D eigenvalue weighted by Crippen LogP contribution is 2.28. The molecule has 0 radical (unpaired) electrons. The molecule has 0 aliphatic rings. The number of halogens is 2. The Morgan fingerprint density at radius 3 is 2.70 bits per heavy atom. The highest BCUT2D eigenvalue weighted by atomic mass is 35.5. The average Bonchev–Trinajstić information content (AvgIpc) is 3.01. The summed E-state index contributed by atoms with van der Waals surface area (Å²) in [5, 5.41) is 1.41. The molecule has 2 aromatic heterocycles. The van der Waals surface area contributed by atoms with Gasteiger partial charge in [-0.25, -0.2) is 9.78 Å². The Labute approximate surface area is 187 Å². The zero-order valence-corrected chi connectivity index (χ0v) is 19.1. The minimum atomic E-state index is -0.481. The number of H-pyrrole nitrogens is 1. The summed E-state index contributed by atoms with van der Waals surface area (Å²) in [5.74, 6) is 0.0286. The predicted octanol–water partition coefficient (Wildman–Crippen LogP) is 4.04. The molecule has 160 valence electrons. The van der Waals surface area contributed by atoms with Gasteiger partial charge in [0.05, 0.1) is 28.6 Å². The number of fused-ring (bicyclic) bond motifs is 1. The van der Waals surface area contributed by atoms with Crippen LogP contribution in [-0.4, -0.2) is 48.2 Å². The zero-order chi connectivity index (χ0) is 21.8. The first-order valence-corrected chi connectivity index (χ1v) is 10.7. The quantitative estimate of drug-likeness (QED) is 0.395. The molecule has 1 N–H and O–H groups in total. The molecule has 0 saturated carbocycles. The Morgan fingerprint density at radius 1 is 1.23 bits per heavy atom. The molecule has 0 aliphatic heterocycles. The predicted molar refractivity (Wildman–Crippen MR) is 119 cm³/mol. The number of aromatic amines is 1. The maximum Gasteiger partial charge on any atom is 0.348 e. The van der Waals surface area contributed by atoms with Gasteiger partial charge >= 0.3 is 5.97 Å². The van der Waals surface area contributed by atoms with E-state index in [0.717, 1.165) is 16.9 Å². The van der Waals surface area contributed by atoms with Gasteiger partial charge in [-0.3, -0.25) is 9.69 Å². The normalized spacial score (nSPS) is 11.4. The van der Waals surface area contributed by atoms with Crippen molar-refractivity contribution in [2.24, 2.45) is 0 Å². The van der Waals surface area contributed by atoms with E-state index in [-0.39, 0.29) is 12.2 Å². The van der Waals surface area contributed by atoms with Crippen LogP contribution < -0.4 is 5.56 Å². The third kappa shape index (κ3) is 5.19. The number of nitrogens with one attached hydrogen (secondary N) is 1. The third-order valence-corrected chi connectivity index (χ3v) is 6.32. The van der Waals surface area contributed by atoms with Crippen molar-refractivity contribution in [3.05, 3.63) is 60.4 Å². The second-order valence-electron chi connectivity index (χ2n) is 6.80. The molecule has 0 spiro atoms. The van der Waals surface area contributed by atoms with E-state index < -0.39 is 5.97 Å². The largest absolute Gasteiger partial charge is 0.459 e. The van der Waals surface area contributed by atoms with Gasteiger partial charge in [0.2, 0.25) is 0 Å². The van der Waals surface area contributed by atoms with E-state index in [9.17, 15) is 9.59 Å². The van der Waals surface area contributed by atoms with Gasteiger partial charge in [0.15, 0.2) is 0 Å². The standard InChI is InChI=1S/C20H21Cl2N3O4S/c1-11-16-18(26)23-15(10-25(2)9-12-4-5-13(21)14(22)8-12)24-19(16)30-17(11)20(27)29-7-6-28-3/h4-5,8H,6-7,9-10H2,1-3H3,(H,23,24,26). The topological polar surface area (TPSA) is 84.5 Å². The first-order valence-electron chi connectivity index (χ1n) is 9.11. The summed E-state index contributed by atoms with van der Waals surface area (Å²) in [6.07, 6.45) is 0. The smallest absolute Gasteiger partial charge is 0.348 e.